The SMILES string of the molecule is CCCCC#C/C=C(\C#Cc1ccccc1)OCC. The largest absolute Gasteiger partial charge is 0.485 e. The quantitative estimate of drug-likeness (QED) is 0.444. The summed E-state index contributed by atoms with van der Waals surface area (Å²) in [5, 5.41) is 0. The van der Waals surface area contributed by atoms with Crippen molar-refractivity contribution in [3.63, 3.8) is 0 Å². The first kappa shape index (κ1) is 14.9. The number of hydrogen-bond acceptors (Lipinski definition) is 1. The third-order valence-electron chi connectivity index (χ3n) is 2.36. The summed E-state index contributed by atoms with van der Waals surface area (Å²) < 4.78 is 5.46. The van der Waals surface area contributed by atoms with E-state index in [-0.39, 0.29) is 0 Å². The molecule has 0 atom stereocenters. The molecule has 0 aromatic heterocycles. The highest BCUT2D eigenvalue weighted by atomic mass is 16.5. The fourth-order valence-electron chi connectivity index (χ4n) is 1.38. The molecule has 0 saturated heterocycles. The fraction of sp³-hybridized carbons (Fsp3) is 0.333. The van der Waals surface area contributed by atoms with Crippen molar-refractivity contribution < 1.29 is 4.74 Å². The summed E-state index contributed by atoms with van der Waals surface area (Å²) in [5.74, 6) is 12.8. The molecule has 1 nitrogen and oxygen atoms in total. The van der Waals surface area contributed by atoms with Gasteiger partial charge in [0, 0.05) is 18.1 Å². The second-order valence-electron chi connectivity index (χ2n) is 3.98. The van der Waals surface area contributed by atoms with E-state index in [2.05, 4.69) is 30.6 Å². The van der Waals surface area contributed by atoms with E-state index in [9.17, 15) is 0 Å². The summed E-state index contributed by atoms with van der Waals surface area (Å²) in [6.45, 7) is 4.71. The summed E-state index contributed by atoms with van der Waals surface area (Å²) in [7, 11) is 0. The van der Waals surface area contributed by atoms with Crippen LogP contribution in [-0.4, -0.2) is 6.61 Å². The normalized spacial score (nSPS) is 9.89. The van der Waals surface area contributed by atoms with E-state index < -0.39 is 0 Å². The maximum atomic E-state index is 5.46. The summed E-state index contributed by atoms with van der Waals surface area (Å²) >= 11 is 0. The summed E-state index contributed by atoms with van der Waals surface area (Å²) in [6, 6.07) is 9.87. The zero-order valence-electron chi connectivity index (χ0n) is 11.7. The van der Waals surface area contributed by atoms with Gasteiger partial charge >= 0.3 is 0 Å². The van der Waals surface area contributed by atoms with Crippen molar-refractivity contribution in [3.8, 4) is 23.7 Å². The molecule has 0 aliphatic rings. The van der Waals surface area contributed by atoms with Gasteiger partial charge in [0.05, 0.1) is 6.61 Å². The van der Waals surface area contributed by atoms with Gasteiger partial charge in [-0.2, -0.15) is 0 Å². The molecule has 1 heteroatoms. The van der Waals surface area contributed by atoms with Crippen LogP contribution in [0.5, 0.6) is 0 Å². The van der Waals surface area contributed by atoms with Gasteiger partial charge in [-0.25, -0.2) is 0 Å². The first-order valence-corrected chi connectivity index (χ1v) is 6.75. The van der Waals surface area contributed by atoms with Crippen LogP contribution in [-0.2, 0) is 4.74 Å². The van der Waals surface area contributed by atoms with Crippen molar-refractivity contribution in [1.29, 1.82) is 0 Å². The van der Waals surface area contributed by atoms with Crippen LogP contribution < -0.4 is 0 Å². The summed E-state index contributed by atoms with van der Waals surface area (Å²) in [4.78, 5) is 0. The molecule has 0 aliphatic carbocycles. The molecule has 0 amide bonds. The Kier molecular flexibility index (Phi) is 7.76. The Balaban J connectivity index is 2.69. The third kappa shape index (κ3) is 7.02. The average molecular weight is 252 g/mol. The molecule has 0 unspecified atom stereocenters. The lowest BCUT2D eigenvalue weighted by molar-refractivity contribution is 0.246. The van der Waals surface area contributed by atoms with E-state index in [1.165, 1.54) is 6.42 Å². The van der Waals surface area contributed by atoms with Gasteiger partial charge in [0.2, 0.25) is 0 Å². The van der Waals surface area contributed by atoms with Crippen LogP contribution in [0.2, 0.25) is 0 Å². The first-order valence-electron chi connectivity index (χ1n) is 6.75. The van der Waals surface area contributed by atoms with E-state index in [1.807, 2.05) is 37.3 Å². The Morgan fingerprint density at radius 3 is 2.68 bits per heavy atom. The number of unbranched alkanes of at least 4 members (excludes halogenated alkanes) is 2. The van der Waals surface area contributed by atoms with E-state index in [0.29, 0.717) is 12.4 Å². The van der Waals surface area contributed by atoms with Crippen LogP contribution in [0.25, 0.3) is 0 Å². The van der Waals surface area contributed by atoms with Gasteiger partial charge in [-0.1, -0.05) is 49.3 Å². The van der Waals surface area contributed by atoms with Crippen LogP contribution >= 0.6 is 0 Å². The third-order valence-corrected chi connectivity index (χ3v) is 2.36. The van der Waals surface area contributed by atoms with E-state index >= 15 is 0 Å². The monoisotopic (exact) mass is 252 g/mol. The van der Waals surface area contributed by atoms with Crippen LogP contribution in [0.15, 0.2) is 42.2 Å². The molecular formula is C18H20O. The lowest BCUT2D eigenvalue weighted by Gasteiger charge is -1.98. The molecule has 0 heterocycles. The second kappa shape index (κ2) is 9.86. The minimum atomic E-state index is 0.603. The van der Waals surface area contributed by atoms with Crippen molar-refractivity contribution >= 4 is 0 Å². The molecule has 1 rings (SSSR count). The molecule has 1 aromatic rings. The number of benzene rings is 1. The Bertz CT molecular complexity index is 503. The zero-order valence-corrected chi connectivity index (χ0v) is 11.7. The second-order valence-corrected chi connectivity index (χ2v) is 3.98. The molecule has 0 N–H and O–H groups in total. The van der Waals surface area contributed by atoms with Crippen LogP contribution in [0.1, 0.15) is 38.7 Å². The van der Waals surface area contributed by atoms with Crippen molar-refractivity contribution in [1.82, 2.24) is 0 Å². The molecule has 19 heavy (non-hydrogen) atoms. The summed E-state index contributed by atoms with van der Waals surface area (Å²) in [5.41, 5.74) is 0.979. The van der Waals surface area contributed by atoms with Crippen LogP contribution in [0.3, 0.4) is 0 Å². The minimum absolute atomic E-state index is 0.603. The van der Waals surface area contributed by atoms with Crippen LogP contribution in [0.4, 0.5) is 0 Å². The van der Waals surface area contributed by atoms with Crippen molar-refractivity contribution in [2.75, 3.05) is 6.61 Å². The highest BCUT2D eigenvalue weighted by molar-refractivity contribution is 5.40. The maximum absolute atomic E-state index is 5.46. The van der Waals surface area contributed by atoms with Gasteiger partial charge < -0.3 is 4.74 Å². The first-order chi connectivity index (χ1) is 9.36. The van der Waals surface area contributed by atoms with Crippen molar-refractivity contribution in [3.05, 3.63) is 47.7 Å². The van der Waals surface area contributed by atoms with E-state index in [1.54, 1.807) is 6.08 Å². The van der Waals surface area contributed by atoms with Gasteiger partial charge in [0.25, 0.3) is 0 Å². The predicted octanol–water partition coefficient (Wildman–Crippen LogP) is 4.15. The highest BCUT2D eigenvalue weighted by Gasteiger charge is 1.89. The molecule has 0 bridgehead atoms. The zero-order chi connectivity index (χ0) is 13.8. The Labute approximate surface area is 116 Å². The number of allylic oxidation sites excluding steroid dienone is 2. The van der Waals surface area contributed by atoms with Gasteiger partial charge in [-0.05, 0) is 31.4 Å². The maximum Gasteiger partial charge on any atom is 0.178 e. The lowest BCUT2D eigenvalue weighted by atomic mass is 10.2. The molecule has 0 fully saturated rings. The number of hydrogen-bond donors (Lipinski definition) is 0. The molecule has 0 radical (unpaired) electrons. The van der Waals surface area contributed by atoms with Gasteiger partial charge in [-0.15, -0.1) is 0 Å². The number of ether oxygens (including phenoxy) is 1. The number of rotatable bonds is 4. The Morgan fingerprint density at radius 1 is 1.21 bits per heavy atom. The molecule has 98 valence electrons. The van der Waals surface area contributed by atoms with Crippen LogP contribution in [0, 0.1) is 23.7 Å². The molecular weight excluding hydrogens is 232 g/mol. The molecule has 0 spiro atoms. The Hall–Kier alpha value is -2.12. The average Bonchev–Trinajstić information content (AvgIpc) is 2.45. The van der Waals surface area contributed by atoms with Crippen molar-refractivity contribution in [2.45, 2.75) is 33.1 Å². The van der Waals surface area contributed by atoms with Crippen molar-refractivity contribution in [2.24, 2.45) is 0 Å². The topological polar surface area (TPSA) is 9.23 Å². The Morgan fingerprint density at radius 2 is 2.00 bits per heavy atom. The van der Waals surface area contributed by atoms with Gasteiger partial charge in [0.15, 0.2) is 5.76 Å². The molecule has 0 aliphatic heterocycles. The van der Waals surface area contributed by atoms with Gasteiger partial charge in [0.1, 0.15) is 0 Å². The van der Waals surface area contributed by atoms with E-state index in [4.69, 9.17) is 4.74 Å². The molecule has 1 aromatic carbocycles. The lowest BCUT2D eigenvalue weighted by Crippen LogP contribution is -1.88. The standard InChI is InChI=1S/C18H20O/c1-3-5-6-7-11-14-18(19-4-2)16-15-17-12-9-8-10-13-17/h8-10,12-14H,3-6H2,1-2H3/b18-14+. The minimum Gasteiger partial charge on any atom is -0.485 e. The van der Waals surface area contributed by atoms with Gasteiger partial charge in [-0.3, -0.25) is 0 Å². The highest BCUT2D eigenvalue weighted by Crippen LogP contribution is 1.99. The summed E-state index contributed by atoms with van der Waals surface area (Å²) in [6.07, 6.45) is 5.00. The molecule has 0 saturated carbocycles. The fourth-order valence-corrected chi connectivity index (χ4v) is 1.38. The van der Waals surface area contributed by atoms with E-state index in [0.717, 1.165) is 18.4 Å². The predicted molar refractivity (Wildman–Crippen MR) is 80.3 cm³/mol. The smallest absolute Gasteiger partial charge is 0.178 e.